The van der Waals surface area contributed by atoms with Crippen molar-refractivity contribution in [2.75, 3.05) is 11.9 Å². The molecular weight excluding hydrogens is 396 g/mol. The van der Waals surface area contributed by atoms with Crippen LogP contribution in [0, 0.1) is 0 Å². The Morgan fingerprint density at radius 1 is 1.00 bits per heavy atom. The zero-order valence-corrected chi connectivity index (χ0v) is 18.8. The summed E-state index contributed by atoms with van der Waals surface area (Å²) in [5.41, 5.74) is 1.47. The van der Waals surface area contributed by atoms with Gasteiger partial charge in [0.05, 0.1) is 6.10 Å². The Hall–Kier alpha value is -2.41. The van der Waals surface area contributed by atoms with Gasteiger partial charge in [0.25, 0.3) is 5.91 Å². The highest BCUT2D eigenvalue weighted by Gasteiger charge is 2.43. The molecule has 7 heteroatoms. The van der Waals surface area contributed by atoms with Crippen molar-refractivity contribution < 1.29 is 24.6 Å². The summed E-state index contributed by atoms with van der Waals surface area (Å²) in [5.74, 6) is -1.01. The number of hydrogen-bond acceptors (Lipinski definition) is 4. The number of aliphatic hydroxyl groups excluding tert-OH is 1. The first-order valence-electron chi connectivity index (χ1n) is 11.5. The molecule has 2 rings (SSSR count). The van der Waals surface area contributed by atoms with Crippen LogP contribution in [0.3, 0.4) is 0 Å². The molecule has 1 heterocycles. The van der Waals surface area contributed by atoms with Crippen molar-refractivity contribution in [3.05, 3.63) is 29.8 Å². The van der Waals surface area contributed by atoms with Gasteiger partial charge in [0, 0.05) is 19.2 Å². The number of carboxylic acid groups (broad SMARTS) is 1. The first kappa shape index (κ1) is 24.9. The van der Waals surface area contributed by atoms with Crippen LogP contribution >= 0.6 is 0 Å². The number of amides is 3. The fraction of sp³-hybridized carbons (Fsp3) is 0.625. The summed E-state index contributed by atoms with van der Waals surface area (Å²) in [6.07, 6.45) is 8.32. The van der Waals surface area contributed by atoms with E-state index in [9.17, 15) is 19.5 Å². The number of anilines is 1. The Labute approximate surface area is 185 Å². The number of aliphatic hydroxyl groups is 1. The second-order valence-corrected chi connectivity index (χ2v) is 8.37. The Balaban J connectivity index is 1.96. The molecule has 31 heavy (non-hydrogen) atoms. The van der Waals surface area contributed by atoms with Gasteiger partial charge in [0.2, 0.25) is 0 Å². The largest absolute Gasteiger partial charge is 0.481 e. The maximum Gasteiger partial charge on any atom is 0.331 e. The van der Waals surface area contributed by atoms with Gasteiger partial charge in [-0.3, -0.25) is 19.4 Å². The van der Waals surface area contributed by atoms with E-state index in [4.69, 9.17) is 5.11 Å². The summed E-state index contributed by atoms with van der Waals surface area (Å²) >= 11 is 0. The number of hydrogen-bond donors (Lipinski definition) is 2. The van der Waals surface area contributed by atoms with Gasteiger partial charge in [-0.15, -0.1) is 0 Å². The predicted molar refractivity (Wildman–Crippen MR) is 120 cm³/mol. The number of carboxylic acids is 1. The lowest BCUT2D eigenvalue weighted by Crippen LogP contribution is -2.35. The molecule has 1 fully saturated rings. The minimum Gasteiger partial charge on any atom is -0.481 e. The second-order valence-electron chi connectivity index (χ2n) is 8.37. The number of benzene rings is 1. The second kappa shape index (κ2) is 12.4. The average molecular weight is 433 g/mol. The third-order valence-corrected chi connectivity index (χ3v) is 5.93. The van der Waals surface area contributed by atoms with Crippen LogP contribution in [0.1, 0.15) is 89.2 Å². The first-order chi connectivity index (χ1) is 14.9. The van der Waals surface area contributed by atoms with Crippen LogP contribution in [-0.2, 0) is 9.59 Å². The molecule has 1 aromatic carbocycles. The lowest BCUT2D eigenvalue weighted by molar-refractivity contribution is -0.137. The van der Waals surface area contributed by atoms with E-state index < -0.39 is 18.1 Å². The van der Waals surface area contributed by atoms with E-state index in [1.807, 2.05) is 12.1 Å². The third kappa shape index (κ3) is 7.06. The maximum atomic E-state index is 12.7. The number of rotatable bonds is 14. The molecule has 1 aromatic rings. The molecule has 0 aliphatic carbocycles. The average Bonchev–Trinajstić information content (AvgIpc) is 2.97. The number of urea groups is 1. The van der Waals surface area contributed by atoms with Crippen molar-refractivity contribution in [3.63, 3.8) is 0 Å². The first-order valence-corrected chi connectivity index (χ1v) is 11.5. The molecule has 1 aliphatic rings. The minimum atomic E-state index is -0.793. The van der Waals surface area contributed by atoms with Crippen molar-refractivity contribution in [1.82, 2.24) is 4.90 Å². The monoisotopic (exact) mass is 432 g/mol. The smallest absolute Gasteiger partial charge is 0.331 e. The molecule has 172 valence electrons. The normalized spacial score (nSPS) is 17.5. The summed E-state index contributed by atoms with van der Waals surface area (Å²) in [5, 5.41) is 19.1. The molecule has 0 saturated carbocycles. The van der Waals surface area contributed by atoms with Crippen LogP contribution in [0.5, 0.6) is 0 Å². The van der Waals surface area contributed by atoms with Gasteiger partial charge in [-0.05, 0) is 37.0 Å². The van der Waals surface area contributed by atoms with Crippen molar-refractivity contribution in [1.29, 1.82) is 0 Å². The van der Waals surface area contributed by atoms with Gasteiger partial charge in [-0.2, -0.15) is 0 Å². The van der Waals surface area contributed by atoms with E-state index in [1.165, 1.54) is 18.4 Å². The highest BCUT2D eigenvalue weighted by Crippen LogP contribution is 2.30. The maximum absolute atomic E-state index is 12.7. The topological polar surface area (TPSA) is 98.2 Å². The number of carbonyl (C=O) groups is 3. The molecular formula is C24H36N2O5. The Morgan fingerprint density at radius 3 is 2.29 bits per heavy atom. The minimum absolute atomic E-state index is 0.159. The summed E-state index contributed by atoms with van der Waals surface area (Å²) in [7, 11) is 1.50. The summed E-state index contributed by atoms with van der Waals surface area (Å²) in [4.78, 5) is 38.6. The van der Waals surface area contributed by atoms with E-state index in [0.29, 0.717) is 24.9 Å². The Bertz CT molecular complexity index is 734. The molecule has 3 amide bonds. The summed E-state index contributed by atoms with van der Waals surface area (Å²) < 4.78 is 0. The molecule has 0 spiro atoms. The quantitative estimate of drug-likeness (QED) is 0.322. The van der Waals surface area contributed by atoms with E-state index in [-0.39, 0.29) is 18.4 Å². The highest BCUT2D eigenvalue weighted by molar-refractivity contribution is 6.13. The van der Waals surface area contributed by atoms with E-state index >= 15 is 0 Å². The lowest BCUT2D eigenvalue weighted by Gasteiger charge is -2.22. The molecule has 2 N–H and O–H groups in total. The van der Waals surface area contributed by atoms with Gasteiger partial charge in [0.1, 0.15) is 6.04 Å². The van der Waals surface area contributed by atoms with Crippen LogP contribution in [-0.4, -0.2) is 46.1 Å². The highest BCUT2D eigenvalue weighted by atomic mass is 16.4. The number of likely N-dealkylation sites (N-methyl/N-ethyl adjacent to an activating group) is 1. The van der Waals surface area contributed by atoms with E-state index in [0.717, 1.165) is 49.0 Å². The lowest BCUT2D eigenvalue weighted by atomic mass is 10.0. The molecule has 1 aliphatic heterocycles. The van der Waals surface area contributed by atoms with E-state index in [2.05, 4.69) is 6.92 Å². The predicted octanol–water partition coefficient (Wildman–Crippen LogP) is 4.88. The van der Waals surface area contributed by atoms with Crippen molar-refractivity contribution >= 4 is 23.6 Å². The molecule has 0 radical (unpaired) electrons. The number of aliphatic carboxylic acids is 1. The molecule has 2 atom stereocenters. The number of carbonyl (C=O) groups excluding carboxylic acids is 2. The molecule has 7 nitrogen and oxygen atoms in total. The molecule has 2 unspecified atom stereocenters. The Morgan fingerprint density at radius 2 is 1.65 bits per heavy atom. The van der Waals surface area contributed by atoms with Gasteiger partial charge < -0.3 is 10.2 Å². The number of imide groups is 1. The van der Waals surface area contributed by atoms with Crippen LogP contribution in [0.25, 0.3) is 0 Å². The third-order valence-electron chi connectivity index (χ3n) is 5.93. The van der Waals surface area contributed by atoms with Gasteiger partial charge in [-0.25, -0.2) is 4.79 Å². The van der Waals surface area contributed by atoms with Crippen molar-refractivity contribution in [3.8, 4) is 0 Å². The fourth-order valence-corrected chi connectivity index (χ4v) is 4.02. The molecule has 1 saturated heterocycles. The van der Waals surface area contributed by atoms with Crippen molar-refractivity contribution in [2.24, 2.45) is 0 Å². The molecule has 0 aromatic heterocycles. The van der Waals surface area contributed by atoms with Gasteiger partial charge in [0.15, 0.2) is 0 Å². The zero-order valence-electron chi connectivity index (χ0n) is 18.8. The molecule has 0 bridgehead atoms. The number of unbranched alkanes of at least 4 members (excludes halogenated alkanes) is 6. The number of nitrogens with zero attached hydrogens (tertiary/aromatic N) is 2. The Kier molecular flexibility index (Phi) is 9.98. The van der Waals surface area contributed by atoms with E-state index in [1.54, 1.807) is 12.1 Å². The fourth-order valence-electron chi connectivity index (χ4n) is 4.02. The van der Waals surface area contributed by atoms with Crippen LogP contribution in [0.4, 0.5) is 10.5 Å². The van der Waals surface area contributed by atoms with Crippen LogP contribution in [0.15, 0.2) is 24.3 Å². The van der Waals surface area contributed by atoms with Gasteiger partial charge >= 0.3 is 12.0 Å². The van der Waals surface area contributed by atoms with Crippen molar-refractivity contribution in [2.45, 2.75) is 89.7 Å². The van der Waals surface area contributed by atoms with Gasteiger partial charge in [-0.1, -0.05) is 64.0 Å². The SMILES string of the molecule is CCCCCCC(O)c1ccc(N2C(=O)N(C)C(=O)C2CCCCCCC(=O)O)cc1. The summed E-state index contributed by atoms with van der Waals surface area (Å²) in [6, 6.07) is 6.39. The standard InChI is InChI=1S/C24H36N2O5/c1-3-4-5-9-12-21(27)18-14-16-19(17-15-18)26-20(23(30)25(2)24(26)31)11-8-6-7-10-13-22(28)29/h14-17,20-21,27H,3-13H2,1-2H3,(H,28,29). The van der Waals surface area contributed by atoms with Crippen LogP contribution in [0.2, 0.25) is 0 Å². The van der Waals surface area contributed by atoms with Crippen LogP contribution < -0.4 is 4.90 Å². The summed E-state index contributed by atoms with van der Waals surface area (Å²) in [6.45, 7) is 2.16. The zero-order chi connectivity index (χ0) is 22.8.